The van der Waals surface area contributed by atoms with Gasteiger partial charge in [0, 0.05) is 15.7 Å². The van der Waals surface area contributed by atoms with E-state index in [1.54, 1.807) is 19.2 Å². The van der Waals surface area contributed by atoms with Crippen LogP contribution >= 0.6 is 34.2 Å². The summed E-state index contributed by atoms with van der Waals surface area (Å²) in [4.78, 5) is 16.7. The molecule has 5 heteroatoms. The minimum atomic E-state index is -0.712. The Balaban J connectivity index is 2.32. The summed E-state index contributed by atoms with van der Waals surface area (Å²) >= 11 is 8.52. The van der Waals surface area contributed by atoms with E-state index in [2.05, 4.69) is 27.6 Å². The van der Waals surface area contributed by atoms with Crippen molar-refractivity contribution in [3.8, 4) is 0 Å². The van der Waals surface area contributed by atoms with Gasteiger partial charge in [0.1, 0.15) is 0 Å². The Morgan fingerprint density at radius 1 is 1.30 bits per heavy atom. The molecule has 2 rings (SSSR count). The third-order valence-electron chi connectivity index (χ3n) is 3.22. The van der Waals surface area contributed by atoms with Gasteiger partial charge in [0.25, 0.3) is 0 Å². The zero-order valence-electron chi connectivity index (χ0n) is 12.7. The van der Waals surface area contributed by atoms with E-state index in [0.717, 1.165) is 21.1 Å². The van der Waals surface area contributed by atoms with Gasteiger partial charge in [0.15, 0.2) is 6.04 Å². The monoisotopic (exact) mass is 441 g/mol. The van der Waals surface area contributed by atoms with Gasteiger partial charge in [-0.2, -0.15) is 0 Å². The van der Waals surface area contributed by atoms with E-state index in [1.807, 2.05) is 42.5 Å². The number of halogens is 2. The van der Waals surface area contributed by atoms with Gasteiger partial charge < -0.3 is 4.74 Å². The van der Waals surface area contributed by atoms with Crippen molar-refractivity contribution in [2.45, 2.75) is 17.4 Å². The molecule has 0 aliphatic heterocycles. The Morgan fingerprint density at radius 2 is 2.04 bits per heavy atom. The maximum atomic E-state index is 12.3. The van der Waals surface area contributed by atoms with Crippen molar-refractivity contribution in [3.05, 3.63) is 70.2 Å². The molecule has 0 aromatic heterocycles. The number of ether oxygens (including phenoxy) is 1. The Kier molecular flexibility index (Phi) is 7.05. The van der Waals surface area contributed by atoms with Crippen LogP contribution in [0.15, 0.2) is 53.5 Å². The summed E-state index contributed by atoms with van der Waals surface area (Å²) in [6, 6.07) is 14.5. The fourth-order valence-corrected chi connectivity index (χ4v) is 3.19. The lowest BCUT2D eigenvalue weighted by Crippen LogP contribution is -2.14. The van der Waals surface area contributed by atoms with Gasteiger partial charge in [-0.25, -0.2) is 4.79 Å². The number of alkyl halides is 1. The highest BCUT2D eigenvalue weighted by Crippen LogP contribution is 2.26. The van der Waals surface area contributed by atoms with Gasteiger partial charge >= 0.3 is 5.97 Å². The lowest BCUT2D eigenvalue weighted by Gasteiger charge is -2.13. The molecule has 0 N–H and O–H groups in total. The van der Waals surface area contributed by atoms with E-state index in [1.165, 1.54) is 0 Å². The van der Waals surface area contributed by atoms with Gasteiger partial charge in [-0.3, -0.25) is 4.99 Å². The topological polar surface area (TPSA) is 38.7 Å². The van der Waals surface area contributed by atoms with Crippen molar-refractivity contribution < 1.29 is 9.53 Å². The highest BCUT2D eigenvalue weighted by Gasteiger charge is 2.21. The van der Waals surface area contributed by atoms with E-state index >= 15 is 0 Å². The normalized spacial score (nSPS) is 12.3. The first-order chi connectivity index (χ1) is 11.2. The van der Waals surface area contributed by atoms with Crippen LogP contribution in [-0.4, -0.2) is 18.8 Å². The predicted molar refractivity (Wildman–Crippen MR) is 103 cm³/mol. The van der Waals surface area contributed by atoms with Crippen molar-refractivity contribution in [2.24, 2.45) is 4.99 Å². The molecule has 23 heavy (non-hydrogen) atoms. The first-order valence-corrected chi connectivity index (χ1v) is 9.15. The molecule has 0 spiro atoms. The Morgan fingerprint density at radius 3 is 2.65 bits per heavy atom. The van der Waals surface area contributed by atoms with E-state index in [9.17, 15) is 4.79 Å². The largest absolute Gasteiger partial charge is 0.464 e. The molecule has 0 aliphatic rings. The molecule has 0 fully saturated rings. The van der Waals surface area contributed by atoms with Crippen LogP contribution in [-0.2, 0) is 14.0 Å². The zero-order valence-corrected chi connectivity index (χ0v) is 15.6. The van der Waals surface area contributed by atoms with E-state index < -0.39 is 6.04 Å². The third-order valence-corrected chi connectivity index (χ3v) is 4.39. The molecule has 0 heterocycles. The molecule has 2 aromatic carbocycles. The lowest BCUT2D eigenvalue weighted by atomic mass is 10.1. The van der Waals surface area contributed by atoms with Crippen molar-refractivity contribution in [3.63, 3.8) is 0 Å². The molecule has 1 atom stereocenters. The van der Waals surface area contributed by atoms with Crippen LogP contribution in [0.3, 0.4) is 0 Å². The summed E-state index contributed by atoms with van der Waals surface area (Å²) in [6.45, 7) is 2.10. The average molecular weight is 442 g/mol. The summed E-state index contributed by atoms with van der Waals surface area (Å²) in [5, 5.41) is 0.640. The highest BCUT2D eigenvalue weighted by molar-refractivity contribution is 14.1. The number of hydrogen-bond donors (Lipinski definition) is 0. The van der Waals surface area contributed by atoms with Crippen LogP contribution in [0, 0.1) is 0 Å². The molecule has 3 nitrogen and oxygen atoms in total. The standard InChI is InChI=1S/C18H17ClINO2/c1-2-23-18(22)17(21-12-13-6-4-3-5-7-13)14-8-9-15(11-20)16(19)10-14/h3-10,12,17H,2,11H2,1H3/b21-12+. The van der Waals surface area contributed by atoms with Gasteiger partial charge in [0.05, 0.1) is 6.61 Å². The molecular weight excluding hydrogens is 425 g/mol. The quantitative estimate of drug-likeness (QED) is 0.274. The molecule has 0 aliphatic carbocycles. The van der Waals surface area contributed by atoms with E-state index in [0.29, 0.717) is 11.6 Å². The molecular formula is C18H17ClINO2. The van der Waals surface area contributed by atoms with Crippen molar-refractivity contribution in [1.29, 1.82) is 0 Å². The maximum Gasteiger partial charge on any atom is 0.335 e. The van der Waals surface area contributed by atoms with Crippen LogP contribution < -0.4 is 0 Å². The van der Waals surface area contributed by atoms with Crippen LogP contribution in [0.4, 0.5) is 0 Å². The molecule has 0 bridgehead atoms. The second kappa shape index (κ2) is 9.03. The first kappa shape index (κ1) is 17.9. The third kappa shape index (κ3) is 5.04. The fourth-order valence-electron chi connectivity index (χ4n) is 2.05. The number of carbonyl (C=O) groups is 1. The number of rotatable bonds is 6. The first-order valence-electron chi connectivity index (χ1n) is 7.24. The minimum Gasteiger partial charge on any atom is -0.464 e. The number of nitrogens with zero attached hydrogens (tertiary/aromatic N) is 1. The summed E-state index contributed by atoms with van der Waals surface area (Å²) in [5.41, 5.74) is 2.69. The van der Waals surface area contributed by atoms with Crippen LogP contribution in [0.2, 0.25) is 5.02 Å². The second-order valence-electron chi connectivity index (χ2n) is 4.83. The second-order valence-corrected chi connectivity index (χ2v) is 6.00. The molecule has 2 aromatic rings. The molecule has 0 saturated carbocycles. The zero-order chi connectivity index (χ0) is 16.7. The number of esters is 1. The van der Waals surface area contributed by atoms with Gasteiger partial charge in [-0.05, 0) is 29.7 Å². The van der Waals surface area contributed by atoms with Crippen molar-refractivity contribution >= 4 is 46.4 Å². The van der Waals surface area contributed by atoms with Crippen molar-refractivity contribution in [1.82, 2.24) is 0 Å². The Bertz CT molecular complexity index is 689. The van der Waals surface area contributed by atoms with Crippen LogP contribution in [0.25, 0.3) is 0 Å². The fraction of sp³-hybridized carbons (Fsp3) is 0.222. The lowest BCUT2D eigenvalue weighted by molar-refractivity contribution is -0.144. The summed E-state index contributed by atoms with van der Waals surface area (Å²) < 4.78 is 5.96. The smallest absolute Gasteiger partial charge is 0.335 e. The summed E-state index contributed by atoms with van der Waals surface area (Å²) in [6.07, 6.45) is 1.68. The Hall–Kier alpha value is -1.40. The minimum absolute atomic E-state index is 0.315. The van der Waals surface area contributed by atoms with E-state index in [4.69, 9.17) is 16.3 Å². The van der Waals surface area contributed by atoms with Crippen LogP contribution in [0.1, 0.15) is 29.7 Å². The van der Waals surface area contributed by atoms with Gasteiger partial charge in [-0.15, -0.1) is 0 Å². The molecule has 120 valence electrons. The Labute approximate surface area is 154 Å². The van der Waals surface area contributed by atoms with Gasteiger partial charge in [0.2, 0.25) is 0 Å². The number of aliphatic imine (C=N–C) groups is 1. The molecule has 1 unspecified atom stereocenters. The summed E-state index contributed by atoms with van der Waals surface area (Å²) in [7, 11) is 0. The highest BCUT2D eigenvalue weighted by atomic mass is 127. The number of carbonyl (C=O) groups excluding carboxylic acids is 1. The average Bonchev–Trinajstić information content (AvgIpc) is 2.56. The number of benzene rings is 2. The molecule has 0 radical (unpaired) electrons. The maximum absolute atomic E-state index is 12.3. The predicted octanol–water partition coefficient (Wildman–Crippen LogP) is 5.00. The van der Waals surface area contributed by atoms with Crippen LogP contribution in [0.5, 0.6) is 0 Å². The number of hydrogen-bond acceptors (Lipinski definition) is 3. The SMILES string of the molecule is CCOC(=O)C(/N=C/c1ccccc1)c1ccc(CI)c(Cl)c1. The van der Waals surface area contributed by atoms with E-state index in [-0.39, 0.29) is 5.97 Å². The van der Waals surface area contributed by atoms with Crippen molar-refractivity contribution in [2.75, 3.05) is 6.61 Å². The summed E-state index contributed by atoms with van der Waals surface area (Å²) in [5.74, 6) is -0.377. The molecule has 0 amide bonds. The van der Waals surface area contributed by atoms with Gasteiger partial charge in [-0.1, -0.05) is 76.7 Å². The molecule has 0 saturated heterocycles.